The highest BCUT2D eigenvalue weighted by molar-refractivity contribution is 8.00. The van der Waals surface area contributed by atoms with Crippen LogP contribution in [0.3, 0.4) is 0 Å². The van der Waals surface area contributed by atoms with E-state index in [9.17, 15) is 9.59 Å². The van der Waals surface area contributed by atoms with Crippen molar-refractivity contribution >= 4 is 29.3 Å². The van der Waals surface area contributed by atoms with Crippen LogP contribution in [0, 0.1) is 0 Å². The predicted octanol–water partition coefficient (Wildman–Crippen LogP) is 5.31. The minimum atomic E-state index is -0.400. The van der Waals surface area contributed by atoms with Crippen molar-refractivity contribution in [1.29, 1.82) is 0 Å². The molecule has 0 saturated heterocycles. The van der Waals surface area contributed by atoms with Gasteiger partial charge in [-0.3, -0.25) is 9.59 Å². The second kappa shape index (κ2) is 11.4. The molecule has 0 aromatic heterocycles. The van der Waals surface area contributed by atoms with Crippen molar-refractivity contribution in [1.82, 2.24) is 5.32 Å². The first kappa shape index (κ1) is 24.2. The quantitative estimate of drug-likeness (QED) is 0.420. The molecule has 0 saturated carbocycles. The molecule has 3 aromatic carbocycles. The Bertz CT molecular complexity index is 1100. The average molecular weight is 465 g/mol. The van der Waals surface area contributed by atoms with Gasteiger partial charge in [-0.05, 0) is 49.7 Å². The van der Waals surface area contributed by atoms with Crippen molar-refractivity contribution in [2.24, 2.45) is 0 Å². The molecule has 0 bridgehead atoms. The van der Waals surface area contributed by atoms with E-state index < -0.39 is 5.25 Å². The van der Waals surface area contributed by atoms with E-state index in [2.05, 4.69) is 10.6 Å². The molecule has 0 heterocycles. The van der Waals surface area contributed by atoms with Gasteiger partial charge in [-0.25, -0.2) is 0 Å². The molecule has 33 heavy (non-hydrogen) atoms. The lowest BCUT2D eigenvalue weighted by Gasteiger charge is -2.18. The van der Waals surface area contributed by atoms with Crippen molar-refractivity contribution < 1.29 is 19.1 Å². The molecule has 0 aliphatic heterocycles. The van der Waals surface area contributed by atoms with Gasteiger partial charge in [0, 0.05) is 4.90 Å². The standard InChI is InChI=1S/C26H28N2O4S/c1-17(19-10-6-5-7-11-19)27-26(30)21-12-8-9-13-22(21)28-25(29)18(2)33-20-14-15-23(31-3)24(16-20)32-4/h5-18H,1-4H3,(H,27,30)(H,28,29)/t17-,18-/m0/s1. The van der Waals surface area contributed by atoms with Crippen molar-refractivity contribution in [2.45, 2.75) is 30.0 Å². The van der Waals surface area contributed by atoms with E-state index in [-0.39, 0.29) is 17.9 Å². The molecule has 172 valence electrons. The highest BCUT2D eigenvalue weighted by Crippen LogP contribution is 2.34. The molecular formula is C26H28N2O4S. The Labute approximate surface area is 198 Å². The fourth-order valence-electron chi connectivity index (χ4n) is 3.27. The number of nitrogens with one attached hydrogen (secondary N) is 2. The average Bonchev–Trinajstić information content (AvgIpc) is 2.84. The van der Waals surface area contributed by atoms with Gasteiger partial charge in [-0.15, -0.1) is 11.8 Å². The van der Waals surface area contributed by atoms with Crippen LogP contribution in [0.1, 0.15) is 35.8 Å². The maximum atomic E-state index is 12.9. The van der Waals surface area contributed by atoms with Crippen LogP contribution in [0.4, 0.5) is 5.69 Å². The number of ether oxygens (including phenoxy) is 2. The smallest absolute Gasteiger partial charge is 0.253 e. The van der Waals surface area contributed by atoms with Crippen LogP contribution >= 0.6 is 11.8 Å². The third-order valence-corrected chi connectivity index (χ3v) is 6.21. The molecule has 0 aliphatic carbocycles. The SMILES string of the molecule is COc1ccc(S[C@@H](C)C(=O)Nc2ccccc2C(=O)N[C@@H](C)c2ccccc2)cc1OC. The molecule has 0 radical (unpaired) electrons. The van der Waals surface area contributed by atoms with Crippen LogP contribution in [0.15, 0.2) is 77.7 Å². The second-order valence-corrected chi connectivity index (χ2v) is 8.83. The Hall–Kier alpha value is -3.45. The van der Waals surface area contributed by atoms with Gasteiger partial charge >= 0.3 is 0 Å². The maximum Gasteiger partial charge on any atom is 0.253 e. The van der Waals surface area contributed by atoms with E-state index in [1.165, 1.54) is 11.8 Å². The Morgan fingerprint density at radius 1 is 0.848 bits per heavy atom. The molecule has 6 nitrogen and oxygen atoms in total. The molecule has 3 rings (SSSR count). The summed E-state index contributed by atoms with van der Waals surface area (Å²) in [6.07, 6.45) is 0. The first-order valence-electron chi connectivity index (χ1n) is 10.6. The summed E-state index contributed by atoms with van der Waals surface area (Å²) in [6.45, 7) is 3.74. The number of amides is 2. The van der Waals surface area contributed by atoms with Gasteiger partial charge in [0.2, 0.25) is 5.91 Å². The zero-order chi connectivity index (χ0) is 23.8. The monoisotopic (exact) mass is 464 g/mol. The van der Waals surface area contributed by atoms with E-state index in [1.54, 1.807) is 44.6 Å². The zero-order valence-corrected chi connectivity index (χ0v) is 19.9. The zero-order valence-electron chi connectivity index (χ0n) is 19.1. The van der Waals surface area contributed by atoms with Gasteiger partial charge in [-0.1, -0.05) is 42.5 Å². The summed E-state index contributed by atoms with van der Waals surface area (Å²) in [7, 11) is 3.15. The van der Waals surface area contributed by atoms with Crippen molar-refractivity contribution in [2.75, 3.05) is 19.5 Å². The van der Waals surface area contributed by atoms with Crippen LogP contribution < -0.4 is 20.1 Å². The Kier molecular flexibility index (Phi) is 8.38. The van der Waals surface area contributed by atoms with E-state index >= 15 is 0 Å². The number of methoxy groups -OCH3 is 2. The molecule has 2 N–H and O–H groups in total. The van der Waals surface area contributed by atoms with E-state index in [0.717, 1.165) is 10.5 Å². The highest BCUT2D eigenvalue weighted by atomic mass is 32.2. The Balaban J connectivity index is 1.68. The lowest BCUT2D eigenvalue weighted by molar-refractivity contribution is -0.115. The number of para-hydroxylation sites is 1. The highest BCUT2D eigenvalue weighted by Gasteiger charge is 2.20. The number of rotatable bonds is 9. The summed E-state index contributed by atoms with van der Waals surface area (Å²) in [5, 5.41) is 5.50. The maximum absolute atomic E-state index is 12.9. The second-order valence-electron chi connectivity index (χ2n) is 7.42. The largest absolute Gasteiger partial charge is 0.493 e. The van der Waals surface area contributed by atoms with Crippen LogP contribution in [0.2, 0.25) is 0 Å². The molecule has 0 spiro atoms. The van der Waals surface area contributed by atoms with E-state index in [1.807, 2.05) is 56.3 Å². The predicted molar refractivity (Wildman–Crippen MR) is 132 cm³/mol. The Morgan fingerprint density at radius 2 is 1.52 bits per heavy atom. The lowest BCUT2D eigenvalue weighted by Crippen LogP contribution is -2.29. The van der Waals surface area contributed by atoms with Crippen LogP contribution in [-0.4, -0.2) is 31.3 Å². The third kappa shape index (κ3) is 6.29. The molecule has 7 heteroatoms. The topological polar surface area (TPSA) is 76.7 Å². The summed E-state index contributed by atoms with van der Waals surface area (Å²) in [5.41, 5.74) is 1.89. The number of carbonyl (C=O) groups is 2. The van der Waals surface area contributed by atoms with Crippen LogP contribution in [-0.2, 0) is 4.79 Å². The summed E-state index contributed by atoms with van der Waals surface area (Å²) < 4.78 is 10.6. The van der Waals surface area contributed by atoms with Gasteiger partial charge in [0.05, 0.1) is 36.8 Å². The van der Waals surface area contributed by atoms with Crippen LogP contribution in [0.5, 0.6) is 11.5 Å². The van der Waals surface area contributed by atoms with Gasteiger partial charge in [-0.2, -0.15) is 0 Å². The summed E-state index contributed by atoms with van der Waals surface area (Å²) in [5.74, 6) is 0.780. The number of benzene rings is 3. The lowest BCUT2D eigenvalue weighted by atomic mass is 10.1. The van der Waals surface area contributed by atoms with Gasteiger partial charge in [0.25, 0.3) is 5.91 Å². The van der Waals surface area contributed by atoms with Crippen molar-refractivity contribution in [3.05, 3.63) is 83.9 Å². The fourth-order valence-corrected chi connectivity index (χ4v) is 4.17. The van der Waals surface area contributed by atoms with Crippen molar-refractivity contribution in [3.8, 4) is 11.5 Å². The number of anilines is 1. The summed E-state index contributed by atoms with van der Waals surface area (Å²) >= 11 is 1.39. The molecular weight excluding hydrogens is 436 g/mol. The number of carbonyl (C=O) groups excluding carboxylic acids is 2. The minimum absolute atomic E-state index is 0.165. The van der Waals surface area contributed by atoms with Gasteiger partial charge in [0.15, 0.2) is 11.5 Å². The molecule has 0 fully saturated rings. The normalized spacial score (nSPS) is 12.4. The summed E-state index contributed by atoms with van der Waals surface area (Å²) in [4.78, 5) is 26.7. The number of thioether (sulfide) groups is 1. The Morgan fingerprint density at radius 3 is 2.21 bits per heavy atom. The minimum Gasteiger partial charge on any atom is -0.493 e. The molecule has 2 amide bonds. The van der Waals surface area contributed by atoms with Gasteiger partial charge < -0.3 is 20.1 Å². The van der Waals surface area contributed by atoms with E-state index in [4.69, 9.17) is 9.47 Å². The first-order chi connectivity index (χ1) is 15.9. The fraction of sp³-hybridized carbons (Fsp3) is 0.231. The molecule has 0 unspecified atom stereocenters. The van der Waals surface area contributed by atoms with Gasteiger partial charge in [0.1, 0.15) is 0 Å². The van der Waals surface area contributed by atoms with E-state index in [0.29, 0.717) is 22.7 Å². The van der Waals surface area contributed by atoms with Crippen molar-refractivity contribution in [3.63, 3.8) is 0 Å². The number of hydrogen-bond donors (Lipinski definition) is 2. The first-order valence-corrected chi connectivity index (χ1v) is 11.4. The summed E-state index contributed by atoms with van der Waals surface area (Å²) in [6, 6.07) is 22.1. The molecule has 0 aliphatic rings. The molecule has 2 atom stereocenters. The number of hydrogen-bond acceptors (Lipinski definition) is 5. The molecule has 3 aromatic rings. The van der Waals surface area contributed by atoms with Crippen LogP contribution in [0.25, 0.3) is 0 Å². The third-order valence-electron chi connectivity index (χ3n) is 5.11.